The van der Waals surface area contributed by atoms with Gasteiger partial charge in [0.15, 0.2) is 0 Å². The van der Waals surface area contributed by atoms with Crippen molar-refractivity contribution in [1.82, 2.24) is 0 Å². The number of nitrogens with zero attached hydrogens (tertiary/aromatic N) is 1. The fourth-order valence-corrected chi connectivity index (χ4v) is 4.40. The summed E-state index contributed by atoms with van der Waals surface area (Å²) in [4.78, 5) is 5.82. The van der Waals surface area contributed by atoms with E-state index < -0.39 is 11.7 Å². The summed E-state index contributed by atoms with van der Waals surface area (Å²) in [6.45, 7) is 8.69. The van der Waals surface area contributed by atoms with Crippen molar-refractivity contribution in [2.24, 2.45) is 4.99 Å². The molecule has 0 amide bonds. The molecule has 0 saturated heterocycles. The maximum Gasteiger partial charge on any atom is 0.419 e. The van der Waals surface area contributed by atoms with Gasteiger partial charge in [0, 0.05) is 16.5 Å². The van der Waals surface area contributed by atoms with Crippen LogP contribution in [0.2, 0.25) is 0 Å². The zero-order valence-corrected chi connectivity index (χ0v) is 19.2. The minimum Gasteiger partial charge on any atom is -0.493 e. The zero-order valence-electron chi connectivity index (χ0n) is 18.4. The number of aryl methyl sites for hydroxylation is 1. The number of rotatable bonds is 8. The van der Waals surface area contributed by atoms with E-state index in [2.05, 4.69) is 0 Å². The second kappa shape index (κ2) is 9.90. The van der Waals surface area contributed by atoms with E-state index in [-0.39, 0.29) is 12.4 Å². The summed E-state index contributed by atoms with van der Waals surface area (Å²) >= 11 is 1.53. The standard InChI is InChI=1S/C24H28F3NO2S/c1-5-10-29-21-9-8-17(14-20(21)24(25,26)27)18-13-16(7-3)22(30-11-6-2)28-23-19(18)12-15(4)31-23/h8-9,12,14H,5-7,10-11,13H2,1-4H3. The Hall–Kier alpha value is -2.28. The summed E-state index contributed by atoms with van der Waals surface area (Å²) in [5, 5.41) is 0.874. The van der Waals surface area contributed by atoms with Crippen molar-refractivity contribution < 1.29 is 22.6 Å². The summed E-state index contributed by atoms with van der Waals surface area (Å²) in [6, 6.07) is 6.37. The van der Waals surface area contributed by atoms with Crippen LogP contribution in [0.25, 0.3) is 5.57 Å². The molecule has 7 heteroatoms. The first-order valence-electron chi connectivity index (χ1n) is 10.7. The molecule has 0 aliphatic carbocycles. The Bertz CT molecular complexity index is 1080. The monoisotopic (exact) mass is 451 g/mol. The number of benzene rings is 1. The molecular formula is C24H28F3NO2S. The predicted molar refractivity (Wildman–Crippen MR) is 118 cm³/mol. The van der Waals surface area contributed by atoms with Crippen molar-refractivity contribution in [1.29, 1.82) is 0 Å². The van der Waals surface area contributed by atoms with E-state index in [0.717, 1.165) is 32.3 Å². The molecule has 0 bridgehead atoms. The summed E-state index contributed by atoms with van der Waals surface area (Å²) in [7, 11) is 0. The van der Waals surface area contributed by atoms with Gasteiger partial charge in [-0.15, -0.1) is 11.3 Å². The van der Waals surface area contributed by atoms with Crippen LogP contribution in [0.4, 0.5) is 13.2 Å². The van der Waals surface area contributed by atoms with E-state index in [0.29, 0.717) is 37.3 Å². The van der Waals surface area contributed by atoms with Gasteiger partial charge >= 0.3 is 6.18 Å². The smallest absolute Gasteiger partial charge is 0.419 e. The van der Waals surface area contributed by atoms with Gasteiger partial charge in [0.2, 0.25) is 5.88 Å². The molecule has 168 valence electrons. The first-order chi connectivity index (χ1) is 14.8. The third-order valence-corrected chi connectivity index (χ3v) is 5.97. The second-order valence-corrected chi connectivity index (χ2v) is 8.75. The van der Waals surface area contributed by atoms with Gasteiger partial charge in [-0.3, -0.25) is 0 Å². The number of allylic oxidation sites excluding steroid dienone is 1. The van der Waals surface area contributed by atoms with E-state index in [1.165, 1.54) is 23.5 Å². The molecule has 1 aliphatic heterocycles. The highest BCUT2D eigenvalue weighted by atomic mass is 32.1. The first kappa shape index (κ1) is 23.4. The third kappa shape index (κ3) is 5.32. The molecule has 1 aromatic heterocycles. The Kier molecular flexibility index (Phi) is 7.46. The molecule has 0 saturated carbocycles. The molecule has 2 heterocycles. The van der Waals surface area contributed by atoms with Crippen molar-refractivity contribution in [2.75, 3.05) is 13.2 Å². The normalized spacial score (nSPS) is 14.2. The Labute approximate surface area is 184 Å². The van der Waals surface area contributed by atoms with Gasteiger partial charge in [-0.05, 0) is 61.1 Å². The van der Waals surface area contributed by atoms with Gasteiger partial charge in [0.1, 0.15) is 10.4 Å². The SMILES string of the molecule is CCCOC1=C(CC)CC(c2ccc(OCCC)c(C(F)(F)F)c2)=c2cc(C)sc2=N1. The van der Waals surface area contributed by atoms with Crippen LogP contribution in [0.5, 0.6) is 5.75 Å². The highest BCUT2D eigenvalue weighted by Gasteiger charge is 2.35. The lowest BCUT2D eigenvalue weighted by molar-refractivity contribution is -0.139. The third-order valence-electron chi connectivity index (χ3n) is 5.02. The lowest BCUT2D eigenvalue weighted by Crippen LogP contribution is -2.21. The number of fused-ring (bicyclic) bond motifs is 1. The van der Waals surface area contributed by atoms with Gasteiger partial charge in [-0.2, -0.15) is 13.2 Å². The Morgan fingerprint density at radius 2 is 1.74 bits per heavy atom. The minimum absolute atomic E-state index is 0.128. The van der Waals surface area contributed by atoms with E-state index in [4.69, 9.17) is 14.5 Å². The van der Waals surface area contributed by atoms with Crippen LogP contribution < -0.4 is 14.6 Å². The topological polar surface area (TPSA) is 30.8 Å². The van der Waals surface area contributed by atoms with Crippen molar-refractivity contribution in [3.05, 3.63) is 61.6 Å². The Morgan fingerprint density at radius 3 is 2.39 bits per heavy atom. The number of ether oxygens (including phenoxy) is 2. The number of alkyl halides is 3. The van der Waals surface area contributed by atoms with Gasteiger partial charge in [-0.1, -0.05) is 26.8 Å². The molecule has 0 radical (unpaired) electrons. The fraction of sp³-hybridized carbons (Fsp3) is 0.458. The summed E-state index contributed by atoms with van der Waals surface area (Å²) in [5.74, 6) is 0.471. The molecule has 0 unspecified atom stereocenters. The number of hydrogen-bond donors (Lipinski definition) is 0. The molecule has 0 spiro atoms. The quantitative estimate of drug-likeness (QED) is 0.483. The molecule has 3 rings (SSSR count). The van der Waals surface area contributed by atoms with Crippen LogP contribution >= 0.6 is 11.3 Å². The molecule has 3 nitrogen and oxygen atoms in total. The van der Waals surface area contributed by atoms with Gasteiger partial charge < -0.3 is 9.47 Å². The minimum atomic E-state index is -4.50. The molecule has 0 atom stereocenters. The molecule has 31 heavy (non-hydrogen) atoms. The Morgan fingerprint density at radius 1 is 1.03 bits per heavy atom. The van der Waals surface area contributed by atoms with Crippen molar-refractivity contribution >= 4 is 16.9 Å². The van der Waals surface area contributed by atoms with E-state index in [1.54, 1.807) is 6.07 Å². The van der Waals surface area contributed by atoms with Crippen molar-refractivity contribution in [2.45, 2.75) is 59.6 Å². The fourth-order valence-electron chi connectivity index (χ4n) is 3.50. The van der Waals surface area contributed by atoms with Crippen molar-refractivity contribution in [3.63, 3.8) is 0 Å². The Balaban J connectivity index is 2.19. The average molecular weight is 452 g/mol. The van der Waals surface area contributed by atoms with Gasteiger partial charge in [-0.25, -0.2) is 4.99 Å². The second-order valence-electron chi connectivity index (χ2n) is 7.51. The van der Waals surface area contributed by atoms with Crippen LogP contribution in [-0.4, -0.2) is 13.2 Å². The molecule has 0 N–H and O–H groups in total. The molecule has 1 aromatic carbocycles. The maximum atomic E-state index is 13.8. The molecule has 2 aromatic rings. The van der Waals surface area contributed by atoms with Crippen LogP contribution in [0.1, 0.15) is 62.5 Å². The summed E-state index contributed by atoms with van der Waals surface area (Å²) < 4.78 is 53.5. The largest absolute Gasteiger partial charge is 0.493 e. The predicted octanol–water partition coefficient (Wildman–Crippen LogP) is 6.13. The van der Waals surface area contributed by atoms with Crippen LogP contribution in [0.3, 0.4) is 0 Å². The highest BCUT2D eigenvalue weighted by Crippen LogP contribution is 2.39. The highest BCUT2D eigenvalue weighted by molar-refractivity contribution is 7.09. The van der Waals surface area contributed by atoms with Crippen LogP contribution in [0.15, 0.2) is 40.7 Å². The number of hydrogen-bond acceptors (Lipinski definition) is 4. The molecular weight excluding hydrogens is 423 g/mol. The number of thiophene rings is 1. The van der Waals surface area contributed by atoms with Crippen LogP contribution in [-0.2, 0) is 10.9 Å². The molecule has 0 fully saturated rings. The average Bonchev–Trinajstić information content (AvgIpc) is 3.02. The lowest BCUT2D eigenvalue weighted by atomic mass is 9.94. The van der Waals surface area contributed by atoms with E-state index >= 15 is 0 Å². The first-order valence-corrected chi connectivity index (χ1v) is 11.5. The maximum absolute atomic E-state index is 13.8. The summed E-state index contributed by atoms with van der Waals surface area (Å²) in [6.07, 6.45) is -1.79. The van der Waals surface area contributed by atoms with Gasteiger partial charge in [0.05, 0.1) is 18.8 Å². The van der Waals surface area contributed by atoms with E-state index in [1.807, 2.05) is 33.8 Å². The van der Waals surface area contributed by atoms with E-state index in [9.17, 15) is 13.2 Å². The molecule has 1 aliphatic rings. The number of halogens is 3. The summed E-state index contributed by atoms with van der Waals surface area (Å²) in [5.41, 5.74) is 1.62. The zero-order chi connectivity index (χ0) is 22.6. The lowest BCUT2D eigenvalue weighted by Gasteiger charge is -2.17. The van der Waals surface area contributed by atoms with Crippen molar-refractivity contribution in [3.8, 4) is 5.75 Å². The van der Waals surface area contributed by atoms with Crippen LogP contribution in [0, 0.1) is 6.92 Å². The van der Waals surface area contributed by atoms with Gasteiger partial charge in [0.25, 0.3) is 0 Å².